The second kappa shape index (κ2) is 7.21. The van der Waals surface area contributed by atoms with Crippen molar-refractivity contribution in [2.45, 2.75) is 19.3 Å². The third kappa shape index (κ3) is 3.23. The van der Waals surface area contributed by atoms with E-state index in [1.807, 2.05) is 24.4 Å². The summed E-state index contributed by atoms with van der Waals surface area (Å²) in [6.45, 7) is 1.76. The first-order valence-corrected chi connectivity index (χ1v) is 9.98. The van der Waals surface area contributed by atoms with Gasteiger partial charge in [0.25, 0.3) is 5.91 Å². The summed E-state index contributed by atoms with van der Waals surface area (Å²) in [7, 11) is 0. The molecule has 0 spiro atoms. The fourth-order valence-electron chi connectivity index (χ4n) is 3.94. The summed E-state index contributed by atoms with van der Waals surface area (Å²) in [6.07, 6.45) is 1.66. The van der Waals surface area contributed by atoms with Crippen LogP contribution >= 0.6 is 0 Å². The smallest absolute Gasteiger partial charge is 0.251 e. The molecule has 0 fully saturated rings. The molecule has 0 aliphatic carbocycles. The highest BCUT2D eigenvalue weighted by Gasteiger charge is 2.25. The lowest BCUT2D eigenvalue weighted by molar-refractivity contribution is 0.00374. The highest BCUT2D eigenvalue weighted by atomic mass is 16.7. The highest BCUT2D eigenvalue weighted by molar-refractivity contribution is 5.94. The minimum Gasteiger partial charge on any atom is -0.454 e. The molecule has 9 heteroatoms. The van der Waals surface area contributed by atoms with Crippen molar-refractivity contribution in [3.63, 3.8) is 0 Å². The Morgan fingerprint density at radius 2 is 1.74 bits per heavy atom. The van der Waals surface area contributed by atoms with Gasteiger partial charge in [0.2, 0.25) is 13.6 Å². The number of nitrogens with one attached hydrogen (secondary N) is 1. The average molecular weight is 421 g/mol. The molecule has 3 aliphatic heterocycles. The van der Waals surface area contributed by atoms with Gasteiger partial charge in [0.05, 0.1) is 24.5 Å². The molecule has 1 amide bonds. The van der Waals surface area contributed by atoms with Crippen LogP contribution in [0.3, 0.4) is 0 Å². The Bertz CT molecular complexity index is 1170. The molecule has 4 heterocycles. The minimum atomic E-state index is -0.186. The second-order valence-electron chi connectivity index (χ2n) is 7.45. The van der Waals surface area contributed by atoms with Crippen LogP contribution in [0.5, 0.6) is 23.0 Å². The van der Waals surface area contributed by atoms with E-state index in [9.17, 15) is 4.79 Å². The molecule has 1 atom stereocenters. The third-order valence-electron chi connectivity index (χ3n) is 5.57. The van der Waals surface area contributed by atoms with Crippen molar-refractivity contribution in [1.29, 1.82) is 0 Å². The van der Waals surface area contributed by atoms with Crippen molar-refractivity contribution < 1.29 is 28.5 Å². The molecule has 3 aromatic rings. The van der Waals surface area contributed by atoms with Gasteiger partial charge in [0.15, 0.2) is 23.0 Å². The Hall–Kier alpha value is -3.72. The van der Waals surface area contributed by atoms with Gasteiger partial charge in [-0.2, -0.15) is 0 Å². The molecule has 0 unspecified atom stereocenters. The lowest BCUT2D eigenvalue weighted by Gasteiger charge is -2.26. The van der Waals surface area contributed by atoms with Crippen LogP contribution in [-0.2, 0) is 17.9 Å². The van der Waals surface area contributed by atoms with Crippen LogP contribution in [0, 0.1) is 0 Å². The van der Waals surface area contributed by atoms with Gasteiger partial charge >= 0.3 is 0 Å². The predicted molar refractivity (Wildman–Crippen MR) is 107 cm³/mol. The van der Waals surface area contributed by atoms with Crippen LogP contribution in [0.15, 0.2) is 42.6 Å². The van der Waals surface area contributed by atoms with Gasteiger partial charge in [-0.15, -0.1) is 0 Å². The van der Waals surface area contributed by atoms with Crippen molar-refractivity contribution in [2.75, 3.05) is 20.1 Å². The van der Waals surface area contributed by atoms with Crippen LogP contribution < -0.4 is 24.3 Å². The molecular weight excluding hydrogens is 402 g/mol. The first-order valence-electron chi connectivity index (χ1n) is 9.98. The van der Waals surface area contributed by atoms with Gasteiger partial charge in [-0.3, -0.25) is 4.79 Å². The van der Waals surface area contributed by atoms with E-state index in [0.717, 1.165) is 28.6 Å². The normalized spacial score (nSPS) is 18.0. The number of aromatic nitrogens is 2. The number of hydrogen-bond donors (Lipinski definition) is 1. The summed E-state index contributed by atoms with van der Waals surface area (Å²) in [4.78, 5) is 17.1. The van der Waals surface area contributed by atoms with E-state index in [1.54, 1.807) is 18.2 Å². The third-order valence-corrected chi connectivity index (χ3v) is 5.57. The topological polar surface area (TPSA) is 93.1 Å². The maximum Gasteiger partial charge on any atom is 0.251 e. The first kappa shape index (κ1) is 18.1. The Labute approximate surface area is 177 Å². The summed E-state index contributed by atoms with van der Waals surface area (Å²) < 4.78 is 29.5. The number of hydrogen-bond acceptors (Lipinski definition) is 7. The number of fused-ring (bicyclic) bond motifs is 3. The summed E-state index contributed by atoms with van der Waals surface area (Å²) in [5.74, 6) is 3.37. The van der Waals surface area contributed by atoms with Crippen molar-refractivity contribution in [3.05, 3.63) is 54.0 Å². The summed E-state index contributed by atoms with van der Waals surface area (Å²) in [6, 6.07) is 11.0. The maximum atomic E-state index is 12.6. The summed E-state index contributed by atoms with van der Waals surface area (Å²) in [5.41, 5.74) is 2.49. The van der Waals surface area contributed by atoms with E-state index >= 15 is 0 Å². The largest absolute Gasteiger partial charge is 0.454 e. The van der Waals surface area contributed by atoms with E-state index in [4.69, 9.17) is 23.7 Å². The van der Waals surface area contributed by atoms with E-state index in [2.05, 4.69) is 14.9 Å². The molecule has 9 nitrogen and oxygen atoms in total. The van der Waals surface area contributed by atoms with E-state index in [-0.39, 0.29) is 25.6 Å². The number of amides is 1. The van der Waals surface area contributed by atoms with Crippen LogP contribution in [0.4, 0.5) is 0 Å². The molecule has 1 N–H and O–H groups in total. The number of carbonyl (C=O) groups excluding carboxylic acids is 1. The lowest BCUT2D eigenvalue weighted by atomic mass is 10.1. The van der Waals surface area contributed by atoms with Crippen molar-refractivity contribution >= 4 is 5.91 Å². The molecule has 0 saturated carbocycles. The number of imidazole rings is 1. The monoisotopic (exact) mass is 421 g/mol. The van der Waals surface area contributed by atoms with Crippen LogP contribution in [-0.4, -0.2) is 41.7 Å². The molecule has 158 valence electrons. The molecule has 0 radical (unpaired) electrons. The predicted octanol–water partition coefficient (Wildman–Crippen LogP) is 2.34. The van der Waals surface area contributed by atoms with E-state index < -0.39 is 0 Å². The summed E-state index contributed by atoms with van der Waals surface area (Å²) >= 11 is 0. The number of benzene rings is 2. The molecule has 1 aromatic heterocycles. The zero-order chi connectivity index (χ0) is 20.8. The maximum absolute atomic E-state index is 12.6. The molecule has 3 aliphatic rings. The van der Waals surface area contributed by atoms with Gasteiger partial charge in [-0.25, -0.2) is 4.98 Å². The quantitative estimate of drug-likeness (QED) is 0.691. The first-order chi connectivity index (χ1) is 15.2. The molecular formula is C22H19N3O6. The molecule has 0 saturated heterocycles. The number of carbonyl (C=O) groups is 1. The van der Waals surface area contributed by atoms with E-state index in [1.165, 1.54) is 0 Å². The highest BCUT2D eigenvalue weighted by Crippen LogP contribution is 2.36. The molecule has 6 rings (SSSR count). The Balaban J connectivity index is 1.15. The van der Waals surface area contributed by atoms with Crippen LogP contribution in [0.1, 0.15) is 16.2 Å². The van der Waals surface area contributed by atoms with Crippen LogP contribution in [0.2, 0.25) is 0 Å². The average Bonchev–Trinajstić information content (AvgIpc) is 3.55. The number of nitrogens with zero attached hydrogens (tertiary/aromatic N) is 2. The van der Waals surface area contributed by atoms with Crippen molar-refractivity contribution in [2.24, 2.45) is 0 Å². The molecule has 2 aromatic carbocycles. The molecule has 0 bridgehead atoms. The lowest BCUT2D eigenvalue weighted by Crippen LogP contribution is -2.39. The van der Waals surface area contributed by atoms with Crippen molar-refractivity contribution in [1.82, 2.24) is 14.9 Å². The van der Waals surface area contributed by atoms with Crippen molar-refractivity contribution in [3.8, 4) is 34.3 Å². The van der Waals surface area contributed by atoms with Crippen LogP contribution in [0.25, 0.3) is 11.3 Å². The second-order valence-corrected chi connectivity index (χ2v) is 7.45. The van der Waals surface area contributed by atoms with Gasteiger partial charge in [0.1, 0.15) is 12.4 Å². The fraction of sp³-hybridized carbons (Fsp3) is 0.273. The number of ether oxygens (including phenoxy) is 5. The number of rotatable bonds is 4. The zero-order valence-electron chi connectivity index (χ0n) is 16.5. The Kier molecular flexibility index (Phi) is 4.20. The van der Waals surface area contributed by atoms with Gasteiger partial charge in [-0.1, -0.05) is 0 Å². The molecule has 31 heavy (non-hydrogen) atoms. The minimum absolute atomic E-state index is 0.174. The van der Waals surface area contributed by atoms with Gasteiger partial charge in [-0.05, 0) is 36.4 Å². The summed E-state index contributed by atoms with van der Waals surface area (Å²) in [5, 5.41) is 2.95. The Morgan fingerprint density at radius 1 is 1.00 bits per heavy atom. The fourth-order valence-corrected chi connectivity index (χ4v) is 3.94. The standard InChI is InChI=1S/C22H19N3O6/c26-22(14-2-4-18-20(6-14)31-12-29-18)24-7-15-9-25-16(8-23-21(25)10-27-15)13-1-3-17-19(5-13)30-11-28-17/h1-6,8,15H,7,9-12H2,(H,24,26)/t15-/m0/s1. The SMILES string of the molecule is O=C(NC[C@H]1Cn2c(-c3ccc4c(c3)OCO4)cnc2CO1)c1ccc2c(c1)OCO2. The van der Waals surface area contributed by atoms with Gasteiger partial charge in [0, 0.05) is 17.7 Å². The zero-order valence-corrected chi connectivity index (χ0v) is 16.5. The van der Waals surface area contributed by atoms with Gasteiger partial charge < -0.3 is 33.6 Å². The Morgan fingerprint density at radius 3 is 2.58 bits per heavy atom. The van der Waals surface area contributed by atoms with E-state index in [0.29, 0.717) is 36.8 Å².